The van der Waals surface area contributed by atoms with E-state index in [0.29, 0.717) is 4.90 Å². The van der Waals surface area contributed by atoms with Gasteiger partial charge in [-0.1, -0.05) is 31.9 Å². The van der Waals surface area contributed by atoms with Gasteiger partial charge in [-0.05, 0) is 24.1 Å². The fourth-order valence-corrected chi connectivity index (χ4v) is 2.18. The van der Waals surface area contributed by atoms with Crippen molar-refractivity contribution in [3.63, 3.8) is 0 Å². The molecule has 0 saturated carbocycles. The van der Waals surface area contributed by atoms with Crippen LogP contribution >= 0.6 is 0 Å². The van der Waals surface area contributed by atoms with Gasteiger partial charge in [-0.25, -0.2) is 8.42 Å². The number of sulfone groups is 1. The molecule has 0 fully saturated rings. The molecule has 0 saturated heterocycles. The van der Waals surface area contributed by atoms with Crippen molar-refractivity contribution in [1.29, 1.82) is 0 Å². The van der Waals surface area contributed by atoms with E-state index in [0.717, 1.165) is 24.8 Å². The Balaban J connectivity index is 2.79. The van der Waals surface area contributed by atoms with E-state index in [2.05, 4.69) is 6.92 Å². The number of nitrogens with two attached hydrogens (primary N) is 1. The van der Waals surface area contributed by atoms with Crippen LogP contribution in [0.2, 0.25) is 0 Å². The van der Waals surface area contributed by atoms with Crippen LogP contribution in [-0.4, -0.2) is 14.7 Å². The summed E-state index contributed by atoms with van der Waals surface area (Å²) in [6.45, 7) is 2.12. The molecule has 0 amide bonds. The Hall–Kier alpha value is -0.870. The van der Waals surface area contributed by atoms with Crippen molar-refractivity contribution in [3.05, 3.63) is 29.8 Å². The molecule has 0 aromatic heterocycles. The largest absolute Gasteiger partial charge is 0.324 e. The summed E-state index contributed by atoms with van der Waals surface area (Å²) in [4.78, 5) is 0.346. The number of hydrogen-bond acceptors (Lipinski definition) is 3. The van der Waals surface area contributed by atoms with Crippen LogP contribution in [0.5, 0.6) is 0 Å². The van der Waals surface area contributed by atoms with Crippen LogP contribution in [0.3, 0.4) is 0 Å². The minimum atomic E-state index is -3.10. The average Bonchev–Trinajstić information content (AvgIpc) is 2.25. The summed E-state index contributed by atoms with van der Waals surface area (Å²) in [7, 11) is -3.10. The molecule has 0 bridgehead atoms. The zero-order chi connectivity index (χ0) is 12.2. The Kier molecular flexibility index (Phi) is 4.50. The minimum absolute atomic E-state index is 0.00793. The van der Waals surface area contributed by atoms with Gasteiger partial charge in [0.05, 0.1) is 4.90 Å². The van der Waals surface area contributed by atoms with Crippen LogP contribution < -0.4 is 5.73 Å². The third kappa shape index (κ3) is 3.61. The maximum absolute atomic E-state index is 11.3. The Morgan fingerprint density at radius 3 is 2.25 bits per heavy atom. The van der Waals surface area contributed by atoms with Crippen molar-refractivity contribution in [1.82, 2.24) is 0 Å². The summed E-state index contributed by atoms with van der Waals surface area (Å²) < 4.78 is 22.5. The maximum atomic E-state index is 11.3. The third-order valence-corrected chi connectivity index (χ3v) is 3.73. The van der Waals surface area contributed by atoms with Gasteiger partial charge in [-0.2, -0.15) is 0 Å². The summed E-state index contributed by atoms with van der Waals surface area (Å²) >= 11 is 0. The lowest BCUT2D eigenvalue weighted by atomic mass is 10.0. The third-order valence-electron chi connectivity index (χ3n) is 2.61. The van der Waals surface area contributed by atoms with E-state index in [1.165, 1.54) is 6.26 Å². The first-order chi connectivity index (χ1) is 7.45. The smallest absolute Gasteiger partial charge is 0.175 e. The summed E-state index contributed by atoms with van der Waals surface area (Å²) in [5.41, 5.74) is 6.99. The second-order valence-electron chi connectivity index (χ2n) is 4.09. The summed E-state index contributed by atoms with van der Waals surface area (Å²) in [6.07, 6.45) is 4.36. The van der Waals surface area contributed by atoms with Crippen LogP contribution in [0.1, 0.15) is 37.8 Å². The van der Waals surface area contributed by atoms with Gasteiger partial charge < -0.3 is 5.73 Å². The number of hydrogen-bond donors (Lipinski definition) is 1. The Bertz CT molecular complexity index is 423. The lowest BCUT2D eigenvalue weighted by Crippen LogP contribution is -2.10. The number of benzene rings is 1. The highest BCUT2D eigenvalue weighted by Gasteiger charge is 2.09. The standard InChI is InChI=1S/C12H19NO2S/c1-3-4-5-12(13)10-6-8-11(9-7-10)16(2,14)15/h6-9,12H,3-5,13H2,1-2H3. The predicted molar refractivity (Wildman–Crippen MR) is 66.0 cm³/mol. The van der Waals surface area contributed by atoms with E-state index < -0.39 is 9.84 Å². The molecule has 3 nitrogen and oxygen atoms in total. The van der Waals surface area contributed by atoms with Gasteiger partial charge in [-0.3, -0.25) is 0 Å². The molecule has 0 radical (unpaired) electrons. The van der Waals surface area contributed by atoms with Crippen molar-refractivity contribution in [3.8, 4) is 0 Å². The molecule has 1 aromatic rings. The molecule has 1 atom stereocenters. The summed E-state index contributed by atoms with van der Waals surface area (Å²) in [5, 5.41) is 0. The molecule has 0 aliphatic rings. The van der Waals surface area contributed by atoms with Gasteiger partial charge in [0.25, 0.3) is 0 Å². The van der Waals surface area contributed by atoms with Crippen LogP contribution in [-0.2, 0) is 9.84 Å². The van der Waals surface area contributed by atoms with Gasteiger partial charge in [0.1, 0.15) is 0 Å². The molecular weight excluding hydrogens is 222 g/mol. The Morgan fingerprint density at radius 2 is 1.81 bits per heavy atom. The van der Waals surface area contributed by atoms with E-state index in [1.54, 1.807) is 24.3 Å². The van der Waals surface area contributed by atoms with E-state index in [1.807, 2.05) is 0 Å². The molecule has 0 heterocycles. The van der Waals surface area contributed by atoms with Crippen molar-refractivity contribution < 1.29 is 8.42 Å². The Labute approximate surface area is 97.6 Å². The first-order valence-electron chi connectivity index (χ1n) is 5.50. The molecule has 1 rings (SSSR count). The maximum Gasteiger partial charge on any atom is 0.175 e. The van der Waals surface area contributed by atoms with Crippen LogP contribution in [0.4, 0.5) is 0 Å². The number of unbranched alkanes of at least 4 members (excludes halogenated alkanes) is 1. The predicted octanol–water partition coefficient (Wildman–Crippen LogP) is 2.28. The number of rotatable bonds is 5. The van der Waals surface area contributed by atoms with Gasteiger partial charge in [0, 0.05) is 12.3 Å². The molecular formula is C12H19NO2S. The van der Waals surface area contributed by atoms with E-state index in [-0.39, 0.29) is 6.04 Å². The van der Waals surface area contributed by atoms with Gasteiger partial charge in [0.2, 0.25) is 0 Å². The summed E-state index contributed by atoms with van der Waals surface area (Å²) in [6, 6.07) is 6.86. The second-order valence-corrected chi connectivity index (χ2v) is 6.11. The van der Waals surface area contributed by atoms with E-state index >= 15 is 0 Å². The summed E-state index contributed by atoms with van der Waals surface area (Å²) in [5.74, 6) is 0. The molecule has 16 heavy (non-hydrogen) atoms. The fourth-order valence-electron chi connectivity index (χ4n) is 1.55. The second kappa shape index (κ2) is 5.46. The highest BCUT2D eigenvalue weighted by Crippen LogP contribution is 2.18. The lowest BCUT2D eigenvalue weighted by Gasteiger charge is -2.11. The average molecular weight is 241 g/mol. The molecule has 1 unspecified atom stereocenters. The highest BCUT2D eigenvalue weighted by molar-refractivity contribution is 7.90. The SMILES string of the molecule is CCCCC(N)c1ccc(S(C)(=O)=O)cc1. The van der Waals surface area contributed by atoms with Gasteiger partial charge in [-0.15, -0.1) is 0 Å². The Morgan fingerprint density at radius 1 is 1.25 bits per heavy atom. The molecule has 90 valence electrons. The molecule has 0 aliphatic carbocycles. The van der Waals surface area contributed by atoms with E-state index in [4.69, 9.17) is 5.73 Å². The normalized spacial score (nSPS) is 13.7. The van der Waals surface area contributed by atoms with E-state index in [9.17, 15) is 8.42 Å². The van der Waals surface area contributed by atoms with Gasteiger partial charge in [0.15, 0.2) is 9.84 Å². The van der Waals surface area contributed by atoms with Gasteiger partial charge >= 0.3 is 0 Å². The molecule has 2 N–H and O–H groups in total. The fraction of sp³-hybridized carbons (Fsp3) is 0.500. The molecule has 4 heteroatoms. The minimum Gasteiger partial charge on any atom is -0.324 e. The molecule has 1 aromatic carbocycles. The first-order valence-corrected chi connectivity index (χ1v) is 7.40. The molecule has 0 aliphatic heterocycles. The topological polar surface area (TPSA) is 60.2 Å². The van der Waals surface area contributed by atoms with Crippen LogP contribution in [0.15, 0.2) is 29.2 Å². The highest BCUT2D eigenvalue weighted by atomic mass is 32.2. The monoisotopic (exact) mass is 241 g/mol. The van der Waals surface area contributed by atoms with Crippen molar-refractivity contribution in [2.24, 2.45) is 5.73 Å². The quantitative estimate of drug-likeness (QED) is 0.860. The lowest BCUT2D eigenvalue weighted by molar-refractivity contribution is 0.598. The zero-order valence-electron chi connectivity index (χ0n) is 9.81. The van der Waals surface area contributed by atoms with Crippen molar-refractivity contribution in [2.75, 3.05) is 6.26 Å². The van der Waals surface area contributed by atoms with Crippen LogP contribution in [0.25, 0.3) is 0 Å². The van der Waals surface area contributed by atoms with Crippen molar-refractivity contribution >= 4 is 9.84 Å². The van der Waals surface area contributed by atoms with Crippen molar-refractivity contribution in [2.45, 2.75) is 37.1 Å². The molecule has 0 spiro atoms. The first kappa shape index (κ1) is 13.2. The zero-order valence-corrected chi connectivity index (χ0v) is 10.6. The van der Waals surface area contributed by atoms with Crippen LogP contribution in [0, 0.1) is 0 Å².